The first-order valence-electron chi connectivity index (χ1n) is 7.75. The Labute approximate surface area is 138 Å². The summed E-state index contributed by atoms with van der Waals surface area (Å²) in [5.74, 6) is -0.0198. The molecular formula is C19H17NO2S. The average molecular weight is 323 g/mol. The van der Waals surface area contributed by atoms with Crippen molar-refractivity contribution < 1.29 is 9.53 Å². The fraction of sp³-hybridized carbons (Fsp3) is 0.211. The SMILES string of the molecule is O=C(NCC1Cc2ccccc2CO1)c1cc2ccccc2s1. The van der Waals surface area contributed by atoms with Gasteiger partial charge in [0.25, 0.3) is 5.91 Å². The molecule has 0 saturated carbocycles. The molecule has 3 aromatic rings. The largest absolute Gasteiger partial charge is 0.371 e. The molecular weight excluding hydrogens is 306 g/mol. The van der Waals surface area contributed by atoms with Crippen molar-refractivity contribution in [1.82, 2.24) is 5.32 Å². The molecule has 23 heavy (non-hydrogen) atoms. The Kier molecular flexibility index (Phi) is 3.85. The van der Waals surface area contributed by atoms with Crippen molar-refractivity contribution in [3.8, 4) is 0 Å². The van der Waals surface area contributed by atoms with Crippen molar-refractivity contribution in [2.45, 2.75) is 19.1 Å². The molecule has 1 aromatic heterocycles. The van der Waals surface area contributed by atoms with Crippen LogP contribution >= 0.6 is 11.3 Å². The third-order valence-corrected chi connectivity index (χ3v) is 5.29. The van der Waals surface area contributed by atoms with Crippen LogP contribution in [0.5, 0.6) is 0 Å². The molecule has 0 fully saturated rings. The second-order valence-corrected chi connectivity index (χ2v) is 6.85. The highest BCUT2D eigenvalue weighted by Gasteiger charge is 2.20. The number of benzene rings is 2. The van der Waals surface area contributed by atoms with Crippen molar-refractivity contribution in [3.05, 3.63) is 70.6 Å². The van der Waals surface area contributed by atoms with Gasteiger partial charge in [0.15, 0.2) is 0 Å². The van der Waals surface area contributed by atoms with Crippen molar-refractivity contribution in [1.29, 1.82) is 0 Å². The molecule has 0 aliphatic carbocycles. The molecule has 0 bridgehead atoms. The van der Waals surface area contributed by atoms with E-state index in [1.807, 2.05) is 36.4 Å². The number of fused-ring (bicyclic) bond motifs is 2. The summed E-state index contributed by atoms with van der Waals surface area (Å²) >= 11 is 1.53. The molecule has 2 aromatic carbocycles. The maximum absolute atomic E-state index is 12.3. The van der Waals surface area contributed by atoms with Gasteiger partial charge in [0.1, 0.15) is 0 Å². The van der Waals surface area contributed by atoms with E-state index in [9.17, 15) is 4.79 Å². The summed E-state index contributed by atoms with van der Waals surface area (Å²) in [4.78, 5) is 13.1. The Morgan fingerprint density at radius 3 is 2.78 bits per heavy atom. The van der Waals surface area contributed by atoms with E-state index in [-0.39, 0.29) is 12.0 Å². The van der Waals surface area contributed by atoms with E-state index >= 15 is 0 Å². The van der Waals surface area contributed by atoms with Crippen LogP contribution in [0.15, 0.2) is 54.6 Å². The van der Waals surface area contributed by atoms with Gasteiger partial charge in [-0.05, 0) is 28.6 Å². The molecule has 1 amide bonds. The van der Waals surface area contributed by atoms with Crippen molar-refractivity contribution in [3.63, 3.8) is 0 Å². The molecule has 116 valence electrons. The summed E-state index contributed by atoms with van der Waals surface area (Å²) in [5, 5.41) is 4.12. The predicted molar refractivity (Wildman–Crippen MR) is 92.9 cm³/mol. The number of ether oxygens (including phenoxy) is 1. The standard InChI is InChI=1S/C19H17NO2S/c21-19(18-10-14-6-3-4-8-17(14)23-18)20-11-16-9-13-5-1-2-7-15(13)12-22-16/h1-8,10,16H,9,11-12H2,(H,20,21). The van der Waals surface area contributed by atoms with E-state index in [0.717, 1.165) is 21.4 Å². The van der Waals surface area contributed by atoms with Gasteiger partial charge >= 0.3 is 0 Å². The van der Waals surface area contributed by atoms with E-state index < -0.39 is 0 Å². The fourth-order valence-electron chi connectivity index (χ4n) is 2.93. The number of hydrogen-bond donors (Lipinski definition) is 1. The summed E-state index contributed by atoms with van der Waals surface area (Å²) in [7, 11) is 0. The van der Waals surface area contributed by atoms with Gasteiger partial charge in [-0.15, -0.1) is 11.3 Å². The maximum atomic E-state index is 12.3. The van der Waals surface area contributed by atoms with Gasteiger partial charge < -0.3 is 10.1 Å². The maximum Gasteiger partial charge on any atom is 0.261 e. The van der Waals surface area contributed by atoms with Gasteiger partial charge in [-0.25, -0.2) is 0 Å². The Morgan fingerprint density at radius 1 is 1.13 bits per heavy atom. The third kappa shape index (κ3) is 3.00. The molecule has 1 unspecified atom stereocenters. The summed E-state index contributed by atoms with van der Waals surface area (Å²) in [6, 6.07) is 18.3. The Hall–Kier alpha value is -2.17. The highest BCUT2D eigenvalue weighted by molar-refractivity contribution is 7.20. The number of nitrogens with one attached hydrogen (secondary N) is 1. The van der Waals surface area contributed by atoms with Gasteiger partial charge in [0.2, 0.25) is 0 Å². The Balaban J connectivity index is 1.40. The van der Waals surface area contributed by atoms with E-state index in [2.05, 4.69) is 23.5 Å². The molecule has 1 atom stereocenters. The van der Waals surface area contributed by atoms with Crippen LogP contribution in [-0.2, 0) is 17.8 Å². The number of carbonyl (C=O) groups excluding carboxylic acids is 1. The van der Waals surface area contributed by atoms with Crippen LogP contribution in [0.4, 0.5) is 0 Å². The van der Waals surface area contributed by atoms with E-state index in [0.29, 0.717) is 13.2 Å². The molecule has 0 saturated heterocycles. The Bertz CT molecular complexity index is 822. The summed E-state index contributed by atoms with van der Waals surface area (Å²) in [5.41, 5.74) is 2.57. The lowest BCUT2D eigenvalue weighted by atomic mass is 9.99. The van der Waals surface area contributed by atoms with Crippen LogP contribution in [0.2, 0.25) is 0 Å². The molecule has 1 aliphatic rings. The van der Waals surface area contributed by atoms with Gasteiger partial charge in [0, 0.05) is 17.7 Å². The predicted octanol–water partition coefficient (Wildman–Crippen LogP) is 3.77. The van der Waals surface area contributed by atoms with Crippen LogP contribution in [-0.4, -0.2) is 18.6 Å². The monoisotopic (exact) mass is 323 g/mol. The molecule has 2 heterocycles. The normalized spacial score (nSPS) is 17.0. The average Bonchev–Trinajstić information content (AvgIpc) is 3.04. The minimum absolute atomic E-state index is 0.0198. The van der Waals surface area contributed by atoms with Crippen LogP contribution in [0.25, 0.3) is 10.1 Å². The summed E-state index contributed by atoms with van der Waals surface area (Å²) in [6.45, 7) is 1.17. The molecule has 0 spiro atoms. The van der Waals surface area contributed by atoms with Gasteiger partial charge in [-0.3, -0.25) is 4.79 Å². The van der Waals surface area contributed by atoms with Crippen LogP contribution < -0.4 is 5.32 Å². The van der Waals surface area contributed by atoms with Gasteiger partial charge in [-0.2, -0.15) is 0 Å². The first-order valence-corrected chi connectivity index (χ1v) is 8.56. The highest BCUT2D eigenvalue weighted by Crippen LogP contribution is 2.25. The molecule has 1 N–H and O–H groups in total. The topological polar surface area (TPSA) is 38.3 Å². The fourth-order valence-corrected chi connectivity index (χ4v) is 3.91. The molecule has 1 aliphatic heterocycles. The number of carbonyl (C=O) groups is 1. The lowest BCUT2D eigenvalue weighted by Gasteiger charge is -2.25. The molecule has 4 rings (SSSR count). The zero-order valence-corrected chi connectivity index (χ0v) is 13.4. The first kappa shape index (κ1) is 14.4. The summed E-state index contributed by atoms with van der Waals surface area (Å²) < 4.78 is 6.98. The number of amides is 1. The van der Waals surface area contributed by atoms with Crippen LogP contribution in [0.3, 0.4) is 0 Å². The zero-order valence-electron chi connectivity index (χ0n) is 12.6. The third-order valence-electron chi connectivity index (χ3n) is 4.18. The van der Waals surface area contributed by atoms with Crippen molar-refractivity contribution in [2.24, 2.45) is 0 Å². The lowest BCUT2D eigenvalue weighted by molar-refractivity contribution is 0.0285. The zero-order chi connectivity index (χ0) is 15.6. The second kappa shape index (κ2) is 6.14. The van der Waals surface area contributed by atoms with E-state index in [4.69, 9.17) is 4.74 Å². The number of rotatable bonds is 3. The smallest absolute Gasteiger partial charge is 0.261 e. The second-order valence-electron chi connectivity index (χ2n) is 5.76. The van der Waals surface area contributed by atoms with Crippen LogP contribution in [0.1, 0.15) is 20.8 Å². The van der Waals surface area contributed by atoms with Crippen molar-refractivity contribution in [2.75, 3.05) is 6.54 Å². The van der Waals surface area contributed by atoms with Gasteiger partial charge in [0.05, 0.1) is 17.6 Å². The molecule has 4 heteroatoms. The minimum Gasteiger partial charge on any atom is -0.371 e. The number of hydrogen-bond acceptors (Lipinski definition) is 3. The lowest BCUT2D eigenvalue weighted by Crippen LogP contribution is -2.36. The number of thiophene rings is 1. The van der Waals surface area contributed by atoms with E-state index in [1.165, 1.54) is 22.5 Å². The van der Waals surface area contributed by atoms with E-state index in [1.54, 1.807) is 0 Å². The highest BCUT2D eigenvalue weighted by atomic mass is 32.1. The minimum atomic E-state index is -0.0198. The van der Waals surface area contributed by atoms with Gasteiger partial charge in [-0.1, -0.05) is 42.5 Å². The van der Waals surface area contributed by atoms with Crippen molar-refractivity contribution >= 4 is 27.3 Å². The molecule has 3 nitrogen and oxygen atoms in total. The Morgan fingerprint density at radius 2 is 1.91 bits per heavy atom. The van der Waals surface area contributed by atoms with Crippen LogP contribution in [0, 0.1) is 0 Å². The first-order chi connectivity index (χ1) is 11.3. The summed E-state index contributed by atoms with van der Waals surface area (Å²) in [6.07, 6.45) is 0.895. The molecule has 0 radical (unpaired) electrons. The quantitative estimate of drug-likeness (QED) is 0.797.